The van der Waals surface area contributed by atoms with E-state index in [1.165, 1.54) is 11.0 Å². The molecule has 0 saturated heterocycles. The van der Waals surface area contributed by atoms with Crippen LogP contribution in [0.15, 0.2) is 59.7 Å². The van der Waals surface area contributed by atoms with Crippen LogP contribution in [-0.2, 0) is 6.54 Å². The summed E-state index contributed by atoms with van der Waals surface area (Å²) in [5.74, 6) is -0.148. The molecule has 1 amide bonds. The summed E-state index contributed by atoms with van der Waals surface area (Å²) in [6.45, 7) is 1.08. The fourth-order valence-electron chi connectivity index (χ4n) is 2.51. The number of nitrogens with one attached hydrogen (secondary N) is 1. The normalized spacial score (nSPS) is 10.8. The highest BCUT2D eigenvalue weighted by molar-refractivity contribution is 7.08. The highest BCUT2D eigenvalue weighted by atomic mass is 32.1. The van der Waals surface area contributed by atoms with E-state index in [2.05, 4.69) is 31.3 Å². The molecule has 1 N–H and O–H groups in total. The number of nitrogens with zero attached hydrogens (tertiary/aromatic N) is 6. The molecular weight excluding hydrogens is 350 g/mol. The molecule has 0 radical (unpaired) electrons. The molecule has 0 spiro atoms. The van der Waals surface area contributed by atoms with Gasteiger partial charge >= 0.3 is 0 Å². The van der Waals surface area contributed by atoms with Gasteiger partial charge in [0, 0.05) is 29.2 Å². The Labute approximate surface area is 153 Å². The summed E-state index contributed by atoms with van der Waals surface area (Å²) in [5, 5.41) is 22.5. The van der Waals surface area contributed by atoms with Crippen LogP contribution in [0.25, 0.3) is 16.9 Å². The summed E-state index contributed by atoms with van der Waals surface area (Å²) in [5.41, 5.74) is 3.33. The van der Waals surface area contributed by atoms with E-state index in [-0.39, 0.29) is 5.91 Å². The van der Waals surface area contributed by atoms with Gasteiger partial charge in [-0.1, -0.05) is 6.07 Å². The van der Waals surface area contributed by atoms with E-state index >= 15 is 0 Å². The minimum atomic E-state index is -0.148. The van der Waals surface area contributed by atoms with Crippen LogP contribution in [0.5, 0.6) is 0 Å². The van der Waals surface area contributed by atoms with Crippen LogP contribution in [0, 0.1) is 0 Å². The first kappa shape index (κ1) is 16.2. The maximum atomic E-state index is 12.3. The van der Waals surface area contributed by atoms with E-state index in [4.69, 9.17) is 0 Å². The Balaban J connectivity index is 1.35. The van der Waals surface area contributed by atoms with E-state index in [0.717, 1.165) is 16.9 Å². The molecule has 130 valence electrons. The van der Waals surface area contributed by atoms with Crippen LogP contribution in [-0.4, -0.2) is 42.4 Å². The molecule has 0 atom stereocenters. The molecule has 3 aromatic heterocycles. The van der Waals surface area contributed by atoms with E-state index < -0.39 is 0 Å². The zero-order valence-electron chi connectivity index (χ0n) is 13.7. The molecule has 0 aliphatic heterocycles. The summed E-state index contributed by atoms with van der Waals surface area (Å²) >= 11 is 1.64. The van der Waals surface area contributed by atoms with Gasteiger partial charge in [0.25, 0.3) is 5.91 Å². The third-order valence-corrected chi connectivity index (χ3v) is 4.49. The minimum absolute atomic E-state index is 0.148. The van der Waals surface area contributed by atoms with Crippen molar-refractivity contribution in [1.82, 2.24) is 35.3 Å². The lowest BCUT2D eigenvalue weighted by Crippen LogP contribution is -2.27. The molecule has 4 rings (SSSR count). The summed E-state index contributed by atoms with van der Waals surface area (Å²) in [7, 11) is 0. The van der Waals surface area contributed by atoms with Gasteiger partial charge < -0.3 is 5.32 Å². The number of amides is 1. The lowest BCUT2D eigenvalue weighted by molar-refractivity contribution is 0.0952. The SMILES string of the molecule is O=C(NCCn1ccc(-c2ccsc2)n1)c1cccc(-n2cnnn2)c1. The number of hydrogen-bond acceptors (Lipinski definition) is 6. The van der Waals surface area contributed by atoms with Crippen molar-refractivity contribution in [3.63, 3.8) is 0 Å². The number of tetrazole rings is 1. The molecule has 0 aliphatic carbocycles. The highest BCUT2D eigenvalue weighted by Gasteiger charge is 2.08. The van der Waals surface area contributed by atoms with Crippen LogP contribution in [0.4, 0.5) is 0 Å². The Morgan fingerprint density at radius 2 is 2.19 bits per heavy atom. The topological polar surface area (TPSA) is 90.5 Å². The first-order chi connectivity index (χ1) is 12.8. The third-order valence-electron chi connectivity index (χ3n) is 3.81. The van der Waals surface area contributed by atoms with Gasteiger partial charge in [0.15, 0.2) is 0 Å². The van der Waals surface area contributed by atoms with Gasteiger partial charge in [-0.15, -0.1) is 5.10 Å². The average molecular weight is 365 g/mol. The summed E-state index contributed by atoms with van der Waals surface area (Å²) < 4.78 is 3.33. The number of aromatic nitrogens is 6. The molecule has 0 bridgehead atoms. The lowest BCUT2D eigenvalue weighted by Gasteiger charge is -2.07. The molecule has 8 nitrogen and oxygen atoms in total. The molecule has 9 heteroatoms. The van der Waals surface area contributed by atoms with Crippen molar-refractivity contribution in [2.45, 2.75) is 6.54 Å². The predicted molar refractivity (Wildman–Crippen MR) is 97.0 cm³/mol. The van der Waals surface area contributed by atoms with Crippen LogP contribution in [0.1, 0.15) is 10.4 Å². The van der Waals surface area contributed by atoms with Crippen molar-refractivity contribution in [3.05, 3.63) is 65.2 Å². The van der Waals surface area contributed by atoms with Gasteiger partial charge in [-0.3, -0.25) is 9.48 Å². The molecule has 4 aromatic rings. The number of thiophene rings is 1. The summed E-state index contributed by atoms with van der Waals surface area (Å²) in [6.07, 6.45) is 3.40. The largest absolute Gasteiger partial charge is 0.350 e. The van der Waals surface area contributed by atoms with E-state index in [9.17, 15) is 4.79 Å². The Bertz CT molecular complexity index is 992. The van der Waals surface area contributed by atoms with Crippen molar-refractivity contribution >= 4 is 17.2 Å². The van der Waals surface area contributed by atoms with Crippen molar-refractivity contribution in [3.8, 4) is 16.9 Å². The van der Waals surface area contributed by atoms with Gasteiger partial charge in [0.1, 0.15) is 6.33 Å². The second kappa shape index (κ2) is 7.28. The second-order valence-corrected chi connectivity index (χ2v) is 6.32. The average Bonchev–Trinajstić information content (AvgIpc) is 3.43. The fraction of sp³-hybridized carbons (Fsp3) is 0.118. The Morgan fingerprint density at radius 1 is 1.23 bits per heavy atom. The molecular formula is C17H15N7OS. The third kappa shape index (κ3) is 3.52. The van der Waals surface area contributed by atoms with Crippen molar-refractivity contribution in [1.29, 1.82) is 0 Å². The van der Waals surface area contributed by atoms with Gasteiger partial charge in [0.05, 0.1) is 17.9 Å². The lowest BCUT2D eigenvalue weighted by atomic mass is 10.2. The molecule has 3 heterocycles. The number of hydrogen-bond donors (Lipinski definition) is 1. The van der Waals surface area contributed by atoms with Gasteiger partial charge in [-0.05, 0) is 46.1 Å². The molecule has 26 heavy (non-hydrogen) atoms. The Kier molecular flexibility index (Phi) is 4.52. The monoisotopic (exact) mass is 365 g/mol. The van der Waals surface area contributed by atoms with Crippen molar-refractivity contribution < 1.29 is 4.79 Å². The standard InChI is InChI=1S/C17H15N7OS/c25-17(13-2-1-3-15(10-13)24-12-19-21-22-24)18-6-8-23-7-4-16(20-23)14-5-9-26-11-14/h1-5,7,9-12H,6,8H2,(H,18,25). The van der Waals surface area contributed by atoms with E-state index in [1.807, 2.05) is 34.5 Å². The van der Waals surface area contributed by atoms with Gasteiger partial charge in [0.2, 0.25) is 0 Å². The van der Waals surface area contributed by atoms with Crippen LogP contribution >= 0.6 is 11.3 Å². The maximum absolute atomic E-state index is 12.3. The number of rotatable bonds is 6. The van der Waals surface area contributed by atoms with Crippen LogP contribution < -0.4 is 5.32 Å². The zero-order chi connectivity index (χ0) is 17.8. The van der Waals surface area contributed by atoms with Crippen LogP contribution in [0.2, 0.25) is 0 Å². The highest BCUT2D eigenvalue weighted by Crippen LogP contribution is 2.19. The van der Waals surface area contributed by atoms with Gasteiger partial charge in [-0.25, -0.2) is 4.68 Å². The Hall–Kier alpha value is -3.33. The minimum Gasteiger partial charge on any atom is -0.350 e. The molecule has 1 aromatic carbocycles. The number of carbonyl (C=O) groups excluding carboxylic acids is 1. The quantitative estimate of drug-likeness (QED) is 0.564. The first-order valence-corrected chi connectivity index (χ1v) is 8.91. The van der Waals surface area contributed by atoms with E-state index in [1.54, 1.807) is 29.5 Å². The Morgan fingerprint density at radius 3 is 3.00 bits per heavy atom. The zero-order valence-corrected chi connectivity index (χ0v) is 14.5. The predicted octanol–water partition coefficient (Wildman–Crippen LogP) is 2.02. The molecule has 0 aliphatic rings. The molecule has 0 saturated carbocycles. The summed E-state index contributed by atoms with van der Waals surface area (Å²) in [4.78, 5) is 12.3. The fourth-order valence-corrected chi connectivity index (χ4v) is 3.16. The second-order valence-electron chi connectivity index (χ2n) is 5.54. The van der Waals surface area contributed by atoms with Gasteiger partial charge in [-0.2, -0.15) is 16.4 Å². The number of carbonyl (C=O) groups is 1. The van der Waals surface area contributed by atoms with Crippen LogP contribution in [0.3, 0.4) is 0 Å². The smallest absolute Gasteiger partial charge is 0.251 e. The van der Waals surface area contributed by atoms with Crippen molar-refractivity contribution in [2.24, 2.45) is 0 Å². The van der Waals surface area contributed by atoms with Crippen molar-refractivity contribution in [2.75, 3.05) is 6.54 Å². The maximum Gasteiger partial charge on any atom is 0.251 e. The first-order valence-electron chi connectivity index (χ1n) is 7.97. The summed E-state index contributed by atoms with van der Waals surface area (Å²) in [6, 6.07) is 11.1. The molecule has 0 unspecified atom stereocenters. The van der Waals surface area contributed by atoms with E-state index in [0.29, 0.717) is 18.7 Å². The number of benzene rings is 1. The molecule has 0 fully saturated rings.